The maximum absolute atomic E-state index is 11.6. The molecule has 0 atom stereocenters. The number of benzene rings is 1. The maximum atomic E-state index is 11.6. The quantitative estimate of drug-likeness (QED) is 0.843. The number of ether oxygens (including phenoxy) is 2. The van der Waals surface area contributed by atoms with Gasteiger partial charge in [-0.1, -0.05) is 21.9 Å². The largest absolute Gasteiger partial charge is 0.493 e. The summed E-state index contributed by atoms with van der Waals surface area (Å²) in [5.41, 5.74) is 0.808. The van der Waals surface area contributed by atoms with Crippen LogP contribution in [-0.4, -0.2) is 26.7 Å². The van der Waals surface area contributed by atoms with Crippen LogP contribution in [0.25, 0.3) is 0 Å². The smallest absolute Gasteiger partial charge is 0.225 e. The fraction of sp³-hybridized carbons (Fsp3) is 0.308. The lowest BCUT2D eigenvalue weighted by Crippen LogP contribution is -2.25. The van der Waals surface area contributed by atoms with Gasteiger partial charge in [0, 0.05) is 4.47 Å². The van der Waals surface area contributed by atoms with Crippen LogP contribution in [0.3, 0.4) is 0 Å². The Labute approximate surface area is 115 Å². The van der Waals surface area contributed by atoms with Gasteiger partial charge in [-0.2, -0.15) is 0 Å². The van der Waals surface area contributed by atoms with E-state index in [4.69, 9.17) is 15.9 Å². The van der Waals surface area contributed by atoms with Gasteiger partial charge in [-0.25, -0.2) is 0 Å². The summed E-state index contributed by atoms with van der Waals surface area (Å²) in [6, 6.07) is 3.53. The minimum Gasteiger partial charge on any atom is -0.493 e. The third kappa shape index (κ3) is 3.67. The van der Waals surface area contributed by atoms with Crippen molar-refractivity contribution in [3.63, 3.8) is 0 Å². The number of terminal acetylenes is 1. The molecule has 0 aliphatic rings. The van der Waals surface area contributed by atoms with Gasteiger partial charge in [-0.05, 0) is 17.7 Å². The van der Waals surface area contributed by atoms with Gasteiger partial charge in [-0.3, -0.25) is 4.79 Å². The number of methoxy groups -OCH3 is 2. The topological polar surface area (TPSA) is 47.6 Å². The predicted molar refractivity (Wildman–Crippen MR) is 72.8 cm³/mol. The third-order valence-electron chi connectivity index (χ3n) is 2.29. The van der Waals surface area contributed by atoms with Crippen LogP contribution in [0.2, 0.25) is 0 Å². The molecule has 1 aromatic carbocycles. The molecule has 0 saturated carbocycles. The van der Waals surface area contributed by atoms with Gasteiger partial charge < -0.3 is 14.8 Å². The second-order valence-corrected chi connectivity index (χ2v) is 4.31. The van der Waals surface area contributed by atoms with Crippen molar-refractivity contribution in [1.82, 2.24) is 5.32 Å². The zero-order chi connectivity index (χ0) is 13.5. The van der Waals surface area contributed by atoms with Gasteiger partial charge in [0.2, 0.25) is 5.91 Å². The van der Waals surface area contributed by atoms with Crippen molar-refractivity contribution in [2.45, 2.75) is 6.42 Å². The number of rotatable bonds is 5. The molecule has 0 heterocycles. The van der Waals surface area contributed by atoms with Crippen LogP contribution in [0.4, 0.5) is 0 Å². The number of halogens is 1. The van der Waals surface area contributed by atoms with E-state index in [2.05, 4.69) is 27.2 Å². The summed E-state index contributed by atoms with van der Waals surface area (Å²) in [7, 11) is 3.11. The zero-order valence-corrected chi connectivity index (χ0v) is 11.8. The van der Waals surface area contributed by atoms with Crippen LogP contribution < -0.4 is 14.8 Å². The Morgan fingerprint density at radius 1 is 1.39 bits per heavy atom. The minimum absolute atomic E-state index is 0.138. The van der Waals surface area contributed by atoms with Crippen molar-refractivity contribution in [2.24, 2.45) is 0 Å². The molecular weight excluding hydrogens is 298 g/mol. The summed E-state index contributed by atoms with van der Waals surface area (Å²) < 4.78 is 11.1. The molecule has 1 N–H and O–H groups in total. The number of nitrogens with one attached hydrogen (secondary N) is 1. The van der Waals surface area contributed by atoms with Gasteiger partial charge >= 0.3 is 0 Å². The second kappa shape index (κ2) is 6.92. The van der Waals surface area contributed by atoms with E-state index in [1.807, 2.05) is 0 Å². The van der Waals surface area contributed by atoms with Crippen LogP contribution in [0.1, 0.15) is 5.56 Å². The summed E-state index contributed by atoms with van der Waals surface area (Å²) in [4.78, 5) is 11.6. The lowest BCUT2D eigenvalue weighted by atomic mass is 10.1. The fourth-order valence-corrected chi connectivity index (χ4v) is 1.88. The number of carbonyl (C=O) groups excluding carboxylic acids is 1. The Balaban J connectivity index is 2.89. The Morgan fingerprint density at radius 2 is 2.00 bits per heavy atom. The molecule has 0 radical (unpaired) electrons. The van der Waals surface area contributed by atoms with E-state index in [9.17, 15) is 4.79 Å². The highest BCUT2D eigenvalue weighted by Crippen LogP contribution is 2.33. The van der Waals surface area contributed by atoms with Crippen molar-refractivity contribution >= 4 is 21.8 Å². The van der Waals surface area contributed by atoms with E-state index in [-0.39, 0.29) is 18.9 Å². The molecule has 1 aromatic rings. The summed E-state index contributed by atoms with van der Waals surface area (Å²) in [6.45, 7) is 0.226. The van der Waals surface area contributed by atoms with E-state index < -0.39 is 0 Å². The number of hydrogen-bond donors (Lipinski definition) is 1. The lowest BCUT2D eigenvalue weighted by molar-refractivity contribution is -0.120. The summed E-state index contributed by atoms with van der Waals surface area (Å²) in [5, 5.41) is 2.61. The first kappa shape index (κ1) is 14.4. The summed E-state index contributed by atoms with van der Waals surface area (Å²) >= 11 is 3.39. The molecule has 5 heteroatoms. The first-order valence-electron chi connectivity index (χ1n) is 5.23. The Morgan fingerprint density at radius 3 is 2.56 bits per heavy atom. The van der Waals surface area contributed by atoms with Crippen molar-refractivity contribution in [2.75, 3.05) is 20.8 Å². The maximum Gasteiger partial charge on any atom is 0.225 e. The van der Waals surface area contributed by atoms with E-state index in [0.717, 1.165) is 10.0 Å². The lowest BCUT2D eigenvalue weighted by Gasteiger charge is -2.11. The molecule has 18 heavy (non-hydrogen) atoms. The van der Waals surface area contributed by atoms with Crippen molar-refractivity contribution in [3.8, 4) is 23.8 Å². The normalized spacial score (nSPS) is 9.44. The van der Waals surface area contributed by atoms with Crippen molar-refractivity contribution in [3.05, 3.63) is 22.2 Å². The average molecular weight is 312 g/mol. The molecular formula is C13H14BrNO3. The van der Waals surface area contributed by atoms with Gasteiger partial charge in [0.15, 0.2) is 11.5 Å². The molecule has 0 aromatic heterocycles. The van der Waals surface area contributed by atoms with Crippen LogP contribution in [0.15, 0.2) is 16.6 Å². The molecule has 0 saturated heterocycles. The molecule has 1 rings (SSSR count). The number of carbonyl (C=O) groups is 1. The van der Waals surface area contributed by atoms with E-state index >= 15 is 0 Å². The van der Waals surface area contributed by atoms with Crippen molar-refractivity contribution in [1.29, 1.82) is 0 Å². The summed E-state index contributed by atoms with van der Waals surface area (Å²) in [5.74, 6) is 3.41. The van der Waals surface area contributed by atoms with Crippen LogP contribution in [-0.2, 0) is 11.2 Å². The molecule has 96 valence electrons. The van der Waals surface area contributed by atoms with Gasteiger partial charge in [0.05, 0.1) is 27.2 Å². The second-order valence-electron chi connectivity index (χ2n) is 3.46. The fourth-order valence-electron chi connectivity index (χ4n) is 1.42. The van der Waals surface area contributed by atoms with E-state index in [0.29, 0.717) is 11.5 Å². The summed E-state index contributed by atoms with van der Waals surface area (Å²) in [6.07, 6.45) is 5.30. The highest BCUT2D eigenvalue weighted by atomic mass is 79.9. The van der Waals surface area contributed by atoms with Gasteiger partial charge in [0.1, 0.15) is 0 Å². The van der Waals surface area contributed by atoms with Crippen LogP contribution >= 0.6 is 15.9 Å². The Bertz CT molecular complexity index is 480. The highest BCUT2D eigenvalue weighted by molar-refractivity contribution is 9.10. The van der Waals surface area contributed by atoms with E-state index in [1.54, 1.807) is 26.4 Å². The molecule has 1 amide bonds. The van der Waals surface area contributed by atoms with Gasteiger partial charge in [0.25, 0.3) is 0 Å². The standard InChI is InChI=1S/C13H14BrNO3/c1-4-5-15-13(16)7-9-6-11(17-2)12(18-3)8-10(9)14/h1,6,8H,5,7H2,2-3H3,(H,15,16). The first-order chi connectivity index (χ1) is 8.62. The minimum atomic E-state index is -0.138. The van der Waals surface area contributed by atoms with E-state index in [1.165, 1.54) is 0 Å². The molecule has 0 aliphatic heterocycles. The SMILES string of the molecule is C#CCNC(=O)Cc1cc(OC)c(OC)cc1Br. The first-order valence-corrected chi connectivity index (χ1v) is 6.02. The van der Waals surface area contributed by atoms with Crippen molar-refractivity contribution < 1.29 is 14.3 Å². The number of amides is 1. The molecule has 0 spiro atoms. The zero-order valence-electron chi connectivity index (χ0n) is 10.2. The molecule has 0 fully saturated rings. The third-order valence-corrected chi connectivity index (χ3v) is 3.03. The monoisotopic (exact) mass is 311 g/mol. The van der Waals surface area contributed by atoms with Crippen LogP contribution in [0.5, 0.6) is 11.5 Å². The Hall–Kier alpha value is -1.67. The average Bonchev–Trinajstić information content (AvgIpc) is 2.38. The molecule has 0 bridgehead atoms. The molecule has 0 unspecified atom stereocenters. The molecule has 4 nitrogen and oxygen atoms in total. The Kier molecular flexibility index (Phi) is 5.53. The van der Waals surface area contributed by atoms with Gasteiger partial charge in [-0.15, -0.1) is 6.42 Å². The highest BCUT2D eigenvalue weighted by Gasteiger charge is 2.12. The molecule has 0 aliphatic carbocycles. The number of hydrogen-bond acceptors (Lipinski definition) is 3. The van der Waals surface area contributed by atoms with Crippen LogP contribution in [0, 0.1) is 12.3 Å². The predicted octanol–water partition coefficient (Wildman–Crippen LogP) is 1.76.